The van der Waals surface area contributed by atoms with E-state index in [1.807, 2.05) is 0 Å². The van der Waals surface area contributed by atoms with Crippen molar-refractivity contribution in [1.82, 2.24) is 13.7 Å². The molecule has 0 radical (unpaired) electrons. The normalized spacial score (nSPS) is 12.1. The van der Waals surface area contributed by atoms with Gasteiger partial charge in [-0.1, -0.05) is 58.5 Å². The van der Waals surface area contributed by atoms with E-state index >= 15 is 0 Å². The number of nitro benzene ring substituents is 3. The molecule has 0 spiro atoms. The second kappa shape index (κ2) is 26.7. The summed E-state index contributed by atoms with van der Waals surface area (Å²) in [6.45, 7) is 4.43. The summed E-state index contributed by atoms with van der Waals surface area (Å²) in [5.41, 5.74) is 12.2. The maximum Gasteiger partial charge on any atom is 0.416 e. The number of hydrogen-bond acceptors (Lipinski definition) is 15. The van der Waals surface area contributed by atoms with Crippen LogP contribution in [-0.4, -0.2) is 52.1 Å². The minimum atomic E-state index is -4.46. The van der Waals surface area contributed by atoms with Crippen LogP contribution >= 0.6 is 46.4 Å². The Morgan fingerprint density at radius 1 is 0.512 bits per heavy atom. The highest BCUT2D eigenvalue weighted by Gasteiger charge is 2.30. The molecule has 0 aliphatic rings. The molecule has 0 fully saturated rings. The van der Waals surface area contributed by atoms with Crippen molar-refractivity contribution in [2.45, 2.75) is 51.5 Å². The molecule has 4 heterocycles. The summed E-state index contributed by atoms with van der Waals surface area (Å²) >= 11 is 23.4. The largest absolute Gasteiger partial charge is 0.431 e. The summed E-state index contributed by atoms with van der Waals surface area (Å²) in [5, 5.41) is 36.8. The number of pyridine rings is 3. The van der Waals surface area contributed by atoms with Gasteiger partial charge in [-0.25, -0.2) is 4.79 Å². The number of nitrogens with two attached hydrogens (primary N) is 3. The lowest BCUT2D eigenvalue weighted by molar-refractivity contribution is -0.383. The van der Waals surface area contributed by atoms with E-state index in [2.05, 4.69) is 9.73 Å². The van der Waals surface area contributed by atoms with E-state index in [1.54, 1.807) is 0 Å². The zero-order valence-corrected chi connectivity index (χ0v) is 47.2. The van der Waals surface area contributed by atoms with E-state index in [9.17, 15) is 81.9 Å². The summed E-state index contributed by atoms with van der Waals surface area (Å²) in [4.78, 5) is 126. The van der Waals surface area contributed by atoms with Crippen molar-refractivity contribution in [2.75, 3.05) is 5.32 Å². The number of carbonyl (C=O) groups excluding carboxylic acids is 4. The predicted molar refractivity (Wildman–Crippen MR) is 313 cm³/mol. The zero-order chi connectivity index (χ0) is 64.0. The number of halogens is 7. The Morgan fingerprint density at radius 2 is 0.849 bits per heavy atom. The highest BCUT2D eigenvalue weighted by Crippen LogP contribution is 2.35. The maximum absolute atomic E-state index is 12.7. The summed E-state index contributed by atoms with van der Waals surface area (Å²) in [6, 6.07) is 18.2. The Hall–Kier alpha value is -10.0. The van der Waals surface area contributed by atoms with E-state index in [1.165, 1.54) is 129 Å². The molecule has 0 aliphatic carbocycles. The molecular weight excluding hydrogens is 1230 g/mol. The third-order valence-corrected chi connectivity index (χ3v) is 14.1. The van der Waals surface area contributed by atoms with Crippen LogP contribution in [0.1, 0.15) is 50.0 Å². The van der Waals surface area contributed by atoms with Gasteiger partial charge in [0, 0.05) is 29.4 Å². The molecule has 0 unspecified atom stereocenters. The van der Waals surface area contributed by atoms with E-state index in [0.29, 0.717) is 10.9 Å². The van der Waals surface area contributed by atoms with Crippen LogP contribution in [0.5, 0.6) is 0 Å². The van der Waals surface area contributed by atoms with Gasteiger partial charge in [0.05, 0.1) is 76.0 Å². The number of fused-ring (bicyclic) bond motifs is 4. The average molecular weight is 1270 g/mol. The number of amides is 4. The van der Waals surface area contributed by atoms with Crippen LogP contribution in [-0.2, 0) is 31.8 Å². The first kappa shape index (κ1) is 65.1. The summed E-state index contributed by atoms with van der Waals surface area (Å²) in [7, 11) is 0. The number of benzene rings is 5. The summed E-state index contributed by atoms with van der Waals surface area (Å²) in [5.74, 6) is -2.55. The minimum Gasteiger partial charge on any atom is -0.431 e. The monoisotopic (exact) mass is 1270 g/mol. The number of alkyl halides is 3. The van der Waals surface area contributed by atoms with E-state index in [4.69, 9.17) is 63.6 Å². The van der Waals surface area contributed by atoms with Crippen LogP contribution in [0.3, 0.4) is 0 Å². The number of nitro groups is 3. The Balaban J connectivity index is 0.000000190. The molecule has 0 bridgehead atoms. The SMILES string of the molecule is C[C@H](C(N)=O)n1ccc2c(NC(=O)Cc3ccc(C(F)(F)F)cc3)c(Cl)ccc2c1=O.C[C@H](C(N)=O)n1ccc2c([N+](=O)[O-])c(Cl)ccc2c1=O.C[C@H](C(N)=O)n1ccc2c([N+](=O)[O-])c(Cl)ccc2c1=O.O=c1occc2c([N+](=O)[O-])c(Cl)ccc12. The summed E-state index contributed by atoms with van der Waals surface area (Å²) < 4.78 is 46.0. The number of nitrogens with one attached hydrogen (secondary N) is 1. The molecule has 32 heteroatoms. The first-order chi connectivity index (χ1) is 40.3. The van der Waals surface area contributed by atoms with Crippen molar-refractivity contribution in [1.29, 1.82) is 0 Å². The van der Waals surface area contributed by atoms with E-state index in [0.717, 1.165) is 27.5 Å². The molecule has 9 aromatic rings. The minimum absolute atomic E-state index is 0.00176. The van der Waals surface area contributed by atoms with Crippen molar-refractivity contribution in [2.24, 2.45) is 17.2 Å². The lowest BCUT2D eigenvalue weighted by atomic mass is 10.1. The second-order valence-electron chi connectivity index (χ2n) is 18.2. The van der Waals surface area contributed by atoms with Gasteiger partial charge in [0.25, 0.3) is 33.7 Å². The molecule has 7 N–H and O–H groups in total. The molecule has 25 nitrogen and oxygen atoms in total. The van der Waals surface area contributed by atoms with Gasteiger partial charge in [-0.15, -0.1) is 0 Å². The third kappa shape index (κ3) is 14.1. The molecule has 9 rings (SSSR count). The zero-order valence-electron chi connectivity index (χ0n) is 44.2. The fourth-order valence-corrected chi connectivity index (χ4v) is 9.17. The van der Waals surface area contributed by atoms with Gasteiger partial charge in [-0.05, 0) is 111 Å². The molecular formula is C54H41Cl4F3N10O15. The lowest BCUT2D eigenvalue weighted by Crippen LogP contribution is -2.31. The molecule has 4 amide bonds. The quantitative estimate of drug-likeness (QED) is 0.0653. The molecule has 4 aromatic heterocycles. The van der Waals surface area contributed by atoms with Crippen molar-refractivity contribution >= 4 is 136 Å². The van der Waals surface area contributed by atoms with Crippen LogP contribution in [0.2, 0.25) is 20.1 Å². The van der Waals surface area contributed by atoms with Gasteiger partial charge in [-0.2, -0.15) is 13.2 Å². The fraction of sp³-hybridized carbons (Fsp3) is 0.148. The van der Waals surface area contributed by atoms with Gasteiger partial charge < -0.3 is 40.6 Å². The number of anilines is 1. The molecule has 446 valence electrons. The summed E-state index contributed by atoms with van der Waals surface area (Å²) in [6.07, 6.45) is 0.416. The molecule has 3 atom stereocenters. The van der Waals surface area contributed by atoms with Crippen molar-refractivity contribution in [3.63, 3.8) is 0 Å². The van der Waals surface area contributed by atoms with Crippen LogP contribution in [0.25, 0.3) is 43.1 Å². The number of nitrogens with zero attached hydrogens (tertiary/aromatic N) is 6. The predicted octanol–water partition coefficient (Wildman–Crippen LogP) is 9.47. The highest BCUT2D eigenvalue weighted by molar-refractivity contribution is 6.36. The highest BCUT2D eigenvalue weighted by atomic mass is 35.5. The Bertz CT molecular complexity index is 4390. The number of primary amides is 3. The van der Waals surface area contributed by atoms with Gasteiger partial charge in [-0.3, -0.25) is 63.9 Å². The Kier molecular flexibility index (Phi) is 20.2. The van der Waals surface area contributed by atoms with Crippen LogP contribution in [0.15, 0.2) is 146 Å². The van der Waals surface area contributed by atoms with E-state index in [-0.39, 0.29) is 87.0 Å². The number of hydrogen-bond donors (Lipinski definition) is 4. The Morgan fingerprint density at radius 3 is 1.21 bits per heavy atom. The average Bonchev–Trinajstić information content (AvgIpc) is 1.06. The molecule has 0 aliphatic heterocycles. The second-order valence-corrected chi connectivity index (χ2v) is 19.8. The van der Waals surface area contributed by atoms with Crippen LogP contribution < -0.4 is 44.8 Å². The van der Waals surface area contributed by atoms with Gasteiger partial charge in [0.15, 0.2) is 0 Å². The molecule has 0 saturated heterocycles. The number of carbonyl (C=O) groups is 4. The van der Waals surface area contributed by atoms with Crippen LogP contribution in [0.4, 0.5) is 35.9 Å². The number of rotatable bonds is 12. The number of aromatic nitrogens is 3. The van der Waals surface area contributed by atoms with E-state index < -0.39 is 90.6 Å². The smallest absolute Gasteiger partial charge is 0.416 e. The molecule has 0 saturated carbocycles. The van der Waals surface area contributed by atoms with Gasteiger partial charge >= 0.3 is 11.8 Å². The lowest BCUT2D eigenvalue weighted by Gasteiger charge is -2.15. The van der Waals surface area contributed by atoms with Gasteiger partial charge in [0.2, 0.25) is 23.6 Å². The van der Waals surface area contributed by atoms with Crippen molar-refractivity contribution in [3.8, 4) is 0 Å². The molecule has 5 aromatic carbocycles. The topological polar surface area (TPSA) is 384 Å². The van der Waals surface area contributed by atoms with Crippen molar-refractivity contribution < 1.29 is 51.5 Å². The Labute approximate surface area is 497 Å². The van der Waals surface area contributed by atoms with Crippen LogP contribution in [0, 0.1) is 30.3 Å². The third-order valence-electron chi connectivity index (χ3n) is 12.9. The maximum atomic E-state index is 12.7. The standard InChI is InChI=1S/C21H17ClF3N3O3.2C12H10ClN3O4.C9H4ClNO4/c1-11(19(26)30)28-9-8-14-15(20(28)31)6-7-16(22)18(14)27-17(29)10-12-2-4-13(5-3-12)21(23,24)25;2*1-6(11(14)17)15-5-4-7-8(12(15)18)2-3-9(13)10(7)16(19)20;10-7-2-1-6-5(8(7)11(13)14)3-4-15-9(6)12/h2-9,11H,10H2,1H3,(H2,26,30)(H,27,29);2*2-6H,1H3,(H2,14,17);1-4H/t11-;2*6-;/m111./s1. The molecule has 86 heavy (non-hydrogen) atoms. The fourth-order valence-electron chi connectivity index (χ4n) is 8.26. The first-order valence-electron chi connectivity index (χ1n) is 24.3. The van der Waals surface area contributed by atoms with Crippen molar-refractivity contribution in [3.05, 3.63) is 225 Å². The van der Waals surface area contributed by atoms with Gasteiger partial charge in [0.1, 0.15) is 33.2 Å². The first-order valence-corrected chi connectivity index (χ1v) is 25.8.